The molecule has 0 radical (unpaired) electrons. The van der Waals surface area contributed by atoms with Gasteiger partial charge in [0.1, 0.15) is 0 Å². The molecule has 1 fully saturated rings. The molecule has 0 saturated carbocycles. The number of aromatic nitrogens is 2. The first-order valence-corrected chi connectivity index (χ1v) is 7.90. The van der Waals surface area contributed by atoms with Crippen molar-refractivity contribution in [3.8, 4) is 0 Å². The highest BCUT2D eigenvalue weighted by molar-refractivity contribution is 9.10. The molecule has 2 rings (SSSR count). The number of piperidine rings is 1. The van der Waals surface area contributed by atoms with Gasteiger partial charge in [0, 0.05) is 19.6 Å². The molecule has 2 unspecified atom stereocenters. The normalized spacial score (nSPS) is 24.0. The standard InChI is InChI=1S/C14H22BrN3O2/c1-4-11-13(15)12(17(3)16-11)8-18-6-5-10(14(19)20)7-9(18)2/h9-10H,4-8H2,1-3H3,(H,19,20). The molecule has 0 aromatic carbocycles. The molecule has 2 heterocycles. The van der Waals surface area contributed by atoms with E-state index in [-0.39, 0.29) is 12.0 Å². The van der Waals surface area contributed by atoms with Crippen LogP contribution < -0.4 is 0 Å². The van der Waals surface area contributed by atoms with E-state index in [1.165, 1.54) is 5.69 Å². The van der Waals surface area contributed by atoms with Crippen molar-refractivity contribution >= 4 is 21.9 Å². The summed E-state index contributed by atoms with van der Waals surface area (Å²) in [5.74, 6) is -0.853. The lowest BCUT2D eigenvalue weighted by Crippen LogP contribution is -2.42. The Bertz CT molecular complexity index is 501. The lowest BCUT2D eigenvalue weighted by molar-refractivity contribution is -0.144. The molecule has 0 amide bonds. The van der Waals surface area contributed by atoms with Crippen molar-refractivity contribution < 1.29 is 9.90 Å². The van der Waals surface area contributed by atoms with Crippen molar-refractivity contribution in [1.29, 1.82) is 0 Å². The Morgan fingerprint density at radius 2 is 2.25 bits per heavy atom. The molecular formula is C14H22BrN3O2. The first-order valence-electron chi connectivity index (χ1n) is 7.11. The smallest absolute Gasteiger partial charge is 0.306 e. The third-order valence-corrected chi connectivity index (χ3v) is 5.13. The highest BCUT2D eigenvalue weighted by Gasteiger charge is 2.30. The van der Waals surface area contributed by atoms with Crippen molar-refractivity contribution in [2.24, 2.45) is 13.0 Å². The minimum Gasteiger partial charge on any atom is -0.481 e. The van der Waals surface area contributed by atoms with Gasteiger partial charge in [-0.2, -0.15) is 5.10 Å². The summed E-state index contributed by atoms with van der Waals surface area (Å²) >= 11 is 3.64. The fraction of sp³-hybridized carbons (Fsp3) is 0.714. The number of hydrogen-bond acceptors (Lipinski definition) is 3. The molecule has 0 aliphatic carbocycles. The molecule has 1 N–H and O–H groups in total. The summed E-state index contributed by atoms with van der Waals surface area (Å²) in [5.41, 5.74) is 2.25. The predicted molar refractivity (Wildman–Crippen MR) is 80.5 cm³/mol. The first kappa shape index (κ1) is 15.5. The topological polar surface area (TPSA) is 58.4 Å². The highest BCUT2D eigenvalue weighted by atomic mass is 79.9. The zero-order valence-electron chi connectivity index (χ0n) is 12.3. The molecule has 1 aliphatic heterocycles. The summed E-state index contributed by atoms with van der Waals surface area (Å²) in [6.45, 7) is 5.85. The molecule has 1 aromatic heterocycles. The van der Waals surface area contributed by atoms with E-state index in [2.05, 4.69) is 39.8 Å². The fourth-order valence-electron chi connectivity index (χ4n) is 2.86. The predicted octanol–water partition coefficient (Wildman–Crippen LogP) is 2.43. The van der Waals surface area contributed by atoms with Gasteiger partial charge in [-0.25, -0.2) is 0 Å². The van der Waals surface area contributed by atoms with Crippen LogP contribution in [-0.2, 0) is 24.8 Å². The Morgan fingerprint density at radius 3 is 2.75 bits per heavy atom. The summed E-state index contributed by atoms with van der Waals surface area (Å²) in [7, 11) is 1.97. The summed E-state index contributed by atoms with van der Waals surface area (Å²) in [6.07, 6.45) is 2.37. The maximum absolute atomic E-state index is 11.1. The Kier molecular flexibility index (Phi) is 4.86. The van der Waals surface area contributed by atoms with Gasteiger partial charge in [-0.3, -0.25) is 14.4 Å². The van der Waals surface area contributed by atoms with E-state index in [0.29, 0.717) is 0 Å². The average molecular weight is 344 g/mol. The van der Waals surface area contributed by atoms with Crippen LogP contribution in [0.5, 0.6) is 0 Å². The third-order valence-electron chi connectivity index (χ3n) is 4.22. The lowest BCUT2D eigenvalue weighted by atomic mass is 9.91. The maximum atomic E-state index is 11.1. The third kappa shape index (κ3) is 3.06. The Morgan fingerprint density at radius 1 is 1.55 bits per heavy atom. The van der Waals surface area contributed by atoms with Crippen LogP contribution in [0.15, 0.2) is 4.47 Å². The van der Waals surface area contributed by atoms with E-state index >= 15 is 0 Å². The number of halogens is 1. The average Bonchev–Trinajstić information content (AvgIpc) is 2.67. The van der Waals surface area contributed by atoms with E-state index in [1.807, 2.05) is 11.7 Å². The van der Waals surface area contributed by atoms with E-state index < -0.39 is 5.97 Å². The van der Waals surface area contributed by atoms with Gasteiger partial charge >= 0.3 is 5.97 Å². The highest BCUT2D eigenvalue weighted by Crippen LogP contribution is 2.28. The molecule has 6 heteroatoms. The largest absolute Gasteiger partial charge is 0.481 e. The van der Waals surface area contributed by atoms with Gasteiger partial charge in [0.2, 0.25) is 0 Å². The number of carbonyl (C=O) groups is 1. The van der Waals surface area contributed by atoms with Crippen LogP contribution in [0.1, 0.15) is 38.1 Å². The number of hydrogen-bond donors (Lipinski definition) is 1. The molecule has 0 spiro atoms. The van der Waals surface area contributed by atoms with Gasteiger partial charge in [0.05, 0.1) is 21.8 Å². The lowest BCUT2D eigenvalue weighted by Gasteiger charge is -2.36. The Labute approximate surface area is 128 Å². The summed E-state index contributed by atoms with van der Waals surface area (Å²) in [4.78, 5) is 13.4. The molecule has 0 bridgehead atoms. The van der Waals surface area contributed by atoms with Crippen LogP contribution in [0.3, 0.4) is 0 Å². The number of likely N-dealkylation sites (tertiary alicyclic amines) is 1. The van der Waals surface area contributed by atoms with Gasteiger partial charge in [0.25, 0.3) is 0 Å². The van der Waals surface area contributed by atoms with Crippen molar-refractivity contribution in [2.75, 3.05) is 6.54 Å². The zero-order valence-corrected chi connectivity index (χ0v) is 13.9. The van der Waals surface area contributed by atoms with E-state index in [9.17, 15) is 4.79 Å². The van der Waals surface area contributed by atoms with Crippen LogP contribution in [-0.4, -0.2) is 38.3 Å². The summed E-state index contributed by atoms with van der Waals surface area (Å²) in [6, 6.07) is 0.289. The number of rotatable bonds is 4. The van der Waals surface area contributed by atoms with E-state index in [4.69, 9.17) is 5.11 Å². The van der Waals surface area contributed by atoms with Gasteiger partial charge < -0.3 is 5.11 Å². The number of carboxylic acids is 1. The quantitative estimate of drug-likeness (QED) is 0.912. The zero-order chi connectivity index (χ0) is 14.9. The second kappa shape index (κ2) is 6.26. The number of carboxylic acid groups (broad SMARTS) is 1. The van der Waals surface area contributed by atoms with Gasteiger partial charge in [0.15, 0.2) is 0 Å². The molecular weight excluding hydrogens is 322 g/mol. The van der Waals surface area contributed by atoms with Crippen LogP contribution in [0, 0.1) is 5.92 Å². The number of aryl methyl sites for hydroxylation is 2. The van der Waals surface area contributed by atoms with Crippen molar-refractivity contribution in [1.82, 2.24) is 14.7 Å². The second-order valence-electron chi connectivity index (χ2n) is 5.56. The molecule has 5 nitrogen and oxygen atoms in total. The summed E-state index contributed by atoms with van der Waals surface area (Å²) < 4.78 is 3.02. The molecule has 1 aromatic rings. The molecule has 2 atom stereocenters. The Balaban J connectivity index is 2.08. The Hall–Kier alpha value is -0.880. The fourth-order valence-corrected chi connectivity index (χ4v) is 3.61. The molecule has 1 aliphatic rings. The summed E-state index contributed by atoms with van der Waals surface area (Å²) in [5, 5.41) is 13.6. The van der Waals surface area contributed by atoms with E-state index in [1.54, 1.807) is 0 Å². The van der Waals surface area contributed by atoms with Crippen molar-refractivity contribution in [2.45, 2.75) is 45.7 Å². The first-order chi connectivity index (χ1) is 9.43. The van der Waals surface area contributed by atoms with Gasteiger partial charge in [-0.05, 0) is 48.7 Å². The minimum absolute atomic E-state index is 0.192. The monoisotopic (exact) mass is 343 g/mol. The number of nitrogens with zero attached hydrogens (tertiary/aromatic N) is 3. The van der Waals surface area contributed by atoms with Gasteiger partial charge in [-0.1, -0.05) is 6.92 Å². The molecule has 1 saturated heterocycles. The van der Waals surface area contributed by atoms with Gasteiger partial charge in [-0.15, -0.1) is 0 Å². The SMILES string of the molecule is CCc1nn(C)c(CN2CCC(C(=O)O)CC2C)c1Br. The van der Waals surface area contributed by atoms with Crippen LogP contribution in [0.4, 0.5) is 0 Å². The number of aliphatic carboxylic acids is 1. The molecule has 20 heavy (non-hydrogen) atoms. The van der Waals surface area contributed by atoms with Crippen molar-refractivity contribution in [3.63, 3.8) is 0 Å². The molecule has 112 valence electrons. The van der Waals surface area contributed by atoms with Crippen LogP contribution >= 0.6 is 15.9 Å². The minimum atomic E-state index is -0.661. The second-order valence-corrected chi connectivity index (χ2v) is 6.36. The maximum Gasteiger partial charge on any atom is 0.306 e. The van der Waals surface area contributed by atoms with Crippen LogP contribution in [0.2, 0.25) is 0 Å². The van der Waals surface area contributed by atoms with Crippen molar-refractivity contribution in [3.05, 3.63) is 15.9 Å². The van der Waals surface area contributed by atoms with Crippen LogP contribution in [0.25, 0.3) is 0 Å². The van der Waals surface area contributed by atoms with E-state index in [0.717, 1.165) is 42.5 Å².